The average molecular weight is 492 g/mol. The molecular weight excluding hydrogens is 467 g/mol. The number of amides is 1. The lowest BCUT2D eigenvalue weighted by molar-refractivity contribution is 0.0957. The molecule has 138 valence electrons. The van der Waals surface area contributed by atoms with E-state index in [1.54, 1.807) is 18.4 Å². The van der Waals surface area contributed by atoms with Crippen molar-refractivity contribution in [2.75, 3.05) is 26.7 Å². The van der Waals surface area contributed by atoms with E-state index in [-0.39, 0.29) is 29.9 Å². The Morgan fingerprint density at radius 2 is 2.00 bits per heavy atom. The van der Waals surface area contributed by atoms with Gasteiger partial charge < -0.3 is 16.0 Å². The zero-order valence-corrected chi connectivity index (χ0v) is 18.4. The number of aliphatic imine (C=N–C) groups is 1. The molecule has 1 atom stereocenters. The van der Waals surface area contributed by atoms with E-state index in [9.17, 15) is 4.79 Å². The molecule has 2 heterocycles. The number of hydrogen-bond donors (Lipinski definition) is 3. The average Bonchev–Trinajstić information content (AvgIpc) is 3.30. The van der Waals surface area contributed by atoms with Crippen molar-refractivity contribution < 1.29 is 4.79 Å². The highest BCUT2D eigenvalue weighted by atomic mass is 127. The molecule has 25 heavy (non-hydrogen) atoms. The molecule has 3 N–H and O–H groups in total. The summed E-state index contributed by atoms with van der Waals surface area (Å²) in [4.78, 5) is 16.8. The molecule has 0 aromatic carbocycles. The molecule has 0 aliphatic carbocycles. The molecule has 0 bridgehead atoms. The van der Waals surface area contributed by atoms with Crippen molar-refractivity contribution in [1.82, 2.24) is 16.0 Å². The first-order chi connectivity index (χ1) is 11.7. The zero-order chi connectivity index (χ0) is 17.2. The summed E-state index contributed by atoms with van der Waals surface area (Å²) in [7, 11) is 1.77. The Hall–Kier alpha value is -1.13. The minimum absolute atomic E-state index is 0. The van der Waals surface area contributed by atoms with E-state index >= 15 is 0 Å². The molecule has 0 fully saturated rings. The Morgan fingerprint density at radius 1 is 1.20 bits per heavy atom. The highest BCUT2D eigenvalue weighted by Crippen LogP contribution is 2.16. The monoisotopic (exact) mass is 492 g/mol. The fraction of sp³-hybridized carbons (Fsp3) is 0.412. The van der Waals surface area contributed by atoms with Crippen LogP contribution in [0.1, 0.15) is 34.5 Å². The van der Waals surface area contributed by atoms with Gasteiger partial charge in [-0.25, -0.2) is 0 Å². The third-order valence-electron chi connectivity index (χ3n) is 3.59. The molecule has 2 aromatic heterocycles. The lowest BCUT2D eigenvalue weighted by atomic mass is 10.1. The van der Waals surface area contributed by atoms with Crippen LogP contribution in [-0.4, -0.2) is 38.5 Å². The summed E-state index contributed by atoms with van der Waals surface area (Å²) in [5.74, 6) is 1.23. The van der Waals surface area contributed by atoms with E-state index in [2.05, 4.69) is 44.7 Å². The second kappa shape index (κ2) is 12.3. The van der Waals surface area contributed by atoms with Gasteiger partial charge in [-0.3, -0.25) is 9.79 Å². The van der Waals surface area contributed by atoms with Gasteiger partial charge in [-0.05, 0) is 46.2 Å². The number of guanidine groups is 1. The van der Waals surface area contributed by atoms with Gasteiger partial charge in [0.25, 0.3) is 5.91 Å². The maximum Gasteiger partial charge on any atom is 0.261 e. The van der Waals surface area contributed by atoms with Crippen molar-refractivity contribution >= 4 is 58.5 Å². The van der Waals surface area contributed by atoms with Crippen LogP contribution in [0.4, 0.5) is 0 Å². The topological polar surface area (TPSA) is 65.5 Å². The number of nitrogens with one attached hydrogen (secondary N) is 3. The molecule has 0 radical (unpaired) electrons. The summed E-state index contributed by atoms with van der Waals surface area (Å²) >= 11 is 3.18. The summed E-state index contributed by atoms with van der Waals surface area (Å²) in [6, 6.07) is 5.87. The van der Waals surface area contributed by atoms with E-state index in [0.29, 0.717) is 12.5 Å². The van der Waals surface area contributed by atoms with Gasteiger partial charge in [-0.15, -0.1) is 35.3 Å². The van der Waals surface area contributed by atoms with Crippen molar-refractivity contribution in [2.45, 2.75) is 19.3 Å². The first-order valence-electron chi connectivity index (χ1n) is 7.99. The van der Waals surface area contributed by atoms with Crippen molar-refractivity contribution in [3.05, 3.63) is 44.8 Å². The van der Waals surface area contributed by atoms with Crippen molar-refractivity contribution in [3.63, 3.8) is 0 Å². The van der Waals surface area contributed by atoms with Crippen molar-refractivity contribution in [2.24, 2.45) is 4.99 Å². The van der Waals surface area contributed by atoms with Gasteiger partial charge in [-0.2, -0.15) is 11.3 Å². The number of rotatable bonds is 8. The van der Waals surface area contributed by atoms with Crippen molar-refractivity contribution in [1.29, 1.82) is 0 Å². The largest absolute Gasteiger partial charge is 0.356 e. The minimum Gasteiger partial charge on any atom is -0.356 e. The van der Waals surface area contributed by atoms with Crippen LogP contribution >= 0.6 is 46.7 Å². The quantitative estimate of drug-likeness (QED) is 0.229. The summed E-state index contributed by atoms with van der Waals surface area (Å²) in [5.41, 5.74) is 1.35. The van der Waals surface area contributed by atoms with Gasteiger partial charge in [0.15, 0.2) is 5.96 Å². The fourth-order valence-corrected chi connectivity index (χ4v) is 3.56. The Bertz CT molecular complexity index is 629. The van der Waals surface area contributed by atoms with Crippen LogP contribution in [-0.2, 0) is 0 Å². The molecule has 1 amide bonds. The SMILES string of the molecule is CN=C(NCCCNC(=O)c1cccs1)NCC(C)c1ccsc1.I. The maximum atomic E-state index is 11.8. The highest BCUT2D eigenvalue weighted by Gasteiger charge is 2.07. The molecule has 5 nitrogen and oxygen atoms in total. The van der Waals surface area contributed by atoms with E-state index in [1.807, 2.05) is 17.5 Å². The predicted molar refractivity (Wildman–Crippen MR) is 119 cm³/mol. The molecule has 1 unspecified atom stereocenters. The molecule has 0 saturated heterocycles. The van der Waals surface area contributed by atoms with Crippen molar-refractivity contribution in [3.8, 4) is 0 Å². The normalized spacial score (nSPS) is 12.2. The van der Waals surface area contributed by atoms with Crippen LogP contribution < -0.4 is 16.0 Å². The van der Waals surface area contributed by atoms with Crippen LogP contribution in [0.5, 0.6) is 0 Å². The lowest BCUT2D eigenvalue weighted by Crippen LogP contribution is -2.40. The first-order valence-corrected chi connectivity index (χ1v) is 9.81. The standard InChI is InChI=1S/C17H24N4OS2.HI/c1-13(14-6-10-23-12-14)11-21-17(18-2)20-8-4-7-19-16(22)15-5-3-9-24-15;/h3,5-6,9-10,12-13H,4,7-8,11H2,1-2H3,(H,19,22)(H2,18,20,21);1H. The third-order valence-corrected chi connectivity index (χ3v) is 5.16. The smallest absolute Gasteiger partial charge is 0.261 e. The fourth-order valence-electron chi connectivity index (χ4n) is 2.14. The number of hydrogen-bond acceptors (Lipinski definition) is 4. The van der Waals surface area contributed by atoms with Gasteiger partial charge in [0.1, 0.15) is 0 Å². The number of nitrogens with zero attached hydrogens (tertiary/aromatic N) is 1. The second-order valence-corrected chi connectivity index (χ2v) is 7.15. The summed E-state index contributed by atoms with van der Waals surface area (Å²) in [6.45, 7) is 4.44. The Kier molecular flexibility index (Phi) is 10.7. The first kappa shape index (κ1) is 21.9. The van der Waals surface area contributed by atoms with E-state index < -0.39 is 0 Å². The highest BCUT2D eigenvalue weighted by molar-refractivity contribution is 14.0. The molecule has 8 heteroatoms. The van der Waals surface area contributed by atoms with E-state index in [1.165, 1.54) is 16.9 Å². The summed E-state index contributed by atoms with van der Waals surface area (Å²) in [5, 5.41) is 15.7. The molecule has 0 aliphatic rings. The van der Waals surface area contributed by atoms with E-state index in [0.717, 1.165) is 30.3 Å². The van der Waals surface area contributed by atoms with Gasteiger partial charge in [0.05, 0.1) is 4.88 Å². The molecule has 2 aromatic rings. The molecule has 0 spiro atoms. The number of carbonyl (C=O) groups is 1. The Balaban J connectivity index is 0.00000312. The number of halogens is 1. The van der Waals surface area contributed by atoms with Crippen LogP contribution in [0.3, 0.4) is 0 Å². The van der Waals surface area contributed by atoms with Gasteiger partial charge in [0, 0.05) is 26.7 Å². The predicted octanol–water partition coefficient (Wildman–Crippen LogP) is 3.52. The van der Waals surface area contributed by atoms with Crippen LogP contribution in [0.2, 0.25) is 0 Å². The van der Waals surface area contributed by atoms with E-state index in [4.69, 9.17) is 0 Å². The maximum absolute atomic E-state index is 11.8. The second-order valence-electron chi connectivity index (χ2n) is 5.42. The Labute approximate surface area is 174 Å². The number of thiophene rings is 2. The zero-order valence-electron chi connectivity index (χ0n) is 14.5. The minimum atomic E-state index is -0.00269. The van der Waals surface area contributed by atoms with Crippen LogP contribution in [0, 0.1) is 0 Å². The van der Waals surface area contributed by atoms with Gasteiger partial charge in [0.2, 0.25) is 0 Å². The third kappa shape index (κ3) is 7.74. The molecule has 0 aliphatic heterocycles. The van der Waals surface area contributed by atoms with Crippen LogP contribution in [0.15, 0.2) is 39.3 Å². The molecule has 0 saturated carbocycles. The summed E-state index contributed by atoms with van der Waals surface area (Å²) in [6.07, 6.45) is 0.845. The van der Waals surface area contributed by atoms with Crippen LogP contribution in [0.25, 0.3) is 0 Å². The number of carbonyl (C=O) groups excluding carboxylic acids is 1. The van der Waals surface area contributed by atoms with Gasteiger partial charge >= 0.3 is 0 Å². The lowest BCUT2D eigenvalue weighted by Gasteiger charge is -2.15. The Morgan fingerprint density at radius 3 is 2.64 bits per heavy atom. The van der Waals surface area contributed by atoms with Gasteiger partial charge in [-0.1, -0.05) is 13.0 Å². The molecule has 2 rings (SSSR count). The molecular formula is C17H25IN4OS2. The summed E-state index contributed by atoms with van der Waals surface area (Å²) < 4.78 is 0.